The fraction of sp³-hybridized carbons (Fsp3) is 0.826. The molecular formula is C23H47NO4P+. The Bertz CT molecular complexity index is 507. The molecule has 172 valence electrons. The Morgan fingerprint density at radius 1 is 0.759 bits per heavy atom. The summed E-state index contributed by atoms with van der Waals surface area (Å²) in [6.07, 6.45) is 22.6. The van der Waals surface area contributed by atoms with Crippen LogP contribution in [-0.4, -0.2) is 52.4 Å². The van der Waals surface area contributed by atoms with Crippen LogP contribution >= 0.6 is 7.60 Å². The number of rotatable bonds is 18. The zero-order chi connectivity index (χ0) is 22.2. The van der Waals surface area contributed by atoms with E-state index in [2.05, 4.69) is 31.2 Å². The van der Waals surface area contributed by atoms with Crippen LogP contribution in [0.4, 0.5) is 0 Å². The largest absolute Gasteiger partial charge is 0.373 e. The molecule has 6 heteroatoms. The van der Waals surface area contributed by atoms with Crippen LogP contribution in [-0.2, 0) is 4.57 Å². The summed E-state index contributed by atoms with van der Waals surface area (Å²) >= 11 is 0. The highest BCUT2D eigenvalue weighted by atomic mass is 31.2. The molecule has 0 heterocycles. The van der Waals surface area contributed by atoms with Crippen molar-refractivity contribution >= 4 is 7.60 Å². The van der Waals surface area contributed by atoms with Gasteiger partial charge in [-0.1, -0.05) is 56.9 Å². The first-order chi connectivity index (χ1) is 13.5. The number of nitrogens with zero attached hydrogens (tertiary/aromatic N) is 1. The minimum atomic E-state index is -4.56. The van der Waals surface area contributed by atoms with Crippen LogP contribution < -0.4 is 0 Å². The number of likely N-dealkylation sites (N-methyl/N-ethyl adjacent to an activating group) is 1. The molecule has 29 heavy (non-hydrogen) atoms. The lowest BCUT2D eigenvalue weighted by atomic mass is 10.1. The first-order valence-corrected chi connectivity index (χ1v) is 13.0. The molecule has 0 aliphatic heterocycles. The van der Waals surface area contributed by atoms with Crippen LogP contribution in [0.1, 0.15) is 90.4 Å². The van der Waals surface area contributed by atoms with Crippen molar-refractivity contribution in [3.63, 3.8) is 0 Å². The van der Waals surface area contributed by atoms with E-state index in [0.717, 1.165) is 19.3 Å². The lowest BCUT2D eigenvalue weighted by molar-refractivity contribution is -0.875. The number of hydrogen-bond acceptors (Lipinski definition) is 2. The van der Waals surface area contributed by atoms with E-state index in [4.69, 9.17) is 0 Å². The van der Waals surface area contributed by atoms with Crippen LogP contribution in [0, 0.1) is 0 Å². The number of hydrogen-bond donors (Lipinski definition) is 3. The molecular weight excluding hydrogens is 385 g/mol. The van der Waals surface area contributed by atoms with E-state index in [0.29, 0.717) is 10.9 Å². The molecule has 1 atom stereocenters. The van der Waals surface area contributed by atoms with Crippen molar-refractivity contribution in [1.82, 2.24) is 0 Å². The van der Waals surface area contributed by atoms with Crippen molar-refractivity contribution in [2.75, 3.05) is 27.7 Å². The van der Waals surface area contributed by atoms with Gasteiger partial charge in [-0.25, -0.2) is 0 Å². The molecule has 0 aromatic rings. The van der Waals surface area contributed by atoms with Crippen molar-refractivity contribution in [3.8, 4) is 0 Å². The molecule has 1 unspecified atom stereocenters. The van der Waals surface area contributed by atoms with Crippen molar-refractivity contribution in [2.45, 2.75) is 95.7 Å². The average Bonchev–Trinajstić information content (AvgIpc) is 2.59. The monoisotopic (exact) mass is 432 g/mol. The fourth-order valence-electron chi connectivity index (χ4n) is 3.42. The van der Waals surface area contributed by atoms with E-state index in [1.165, 1.54) is 51.4 Å². The highest BCUT2D eigenvalue weighted by molar-refractivity contribution is 7.53. The Morgan fingerprint density at radius 2 is 1.17 bits per heavy atom. The third-order valence-corrected chi connectivity index (χ3v) is 6.47. The molecule has 0 aromatic heterocycles. The Hall–Kier alpha value is -0.450. The van der Waals surface area contributed by atoms with Gasteiger partial charge in [0.25, 0.3) is 0 Å². The minimum absolute atomic E-state index is 0.0433. The van der Waals surface area contributed by atoms with Crippen LogP contribution in [0.3, 0.4) is 0 Å². The van der Waals surface area contributed by atoms with Crippen molar-refractivity contribution in [2.24, 2.45) is 0 Å². The highest BCUT2D eigenvalue weighted by Gasteiger charge is 2.48. The van der Waals surface area contributed by atoms with Crippen molar-refractivity contribution in [3.05, 3.63) is 24.3 Å². The van der Waals surface area contributed by atoms with Crippen LogP contribution in [0.5, 0.6) is 0 Å². The smallest absolute Gasteiger partial charge is 0.362 e. The average molecular weight is 433 g/mol. The molecule has 0 saturated carbocycles. The molecule has 0 amide bonds. The first kappa shape index (κ1) is 28.5. The number of unbranched alkanes of at least 4 members (excludes halogenated alkanes) is 9. The minimum Gasteiger partial charge on any atom is -0.373 e. The predicted molar refractivity (Wildman–Crippen MR) is 124 cm³/mol. The molecule has 0 aliphatic carbocycles. The summed E-state index contributed by atoms with van der Waals surface area (Å²) in [5.74, 6) is 0. The van der Waals surface area contributed by atoms with E-state index < -0.39 is 12.9 Å². The summed E-state index contributed by atoms with van der Waals surface area (Å²) in [5, 5.41) is 8.57. The lowest BCUT2D eigenvalue weighted by Gasteiger charge is -2.35. The van der Waals surface area contributed by atoms with Gasteiger partial charge in [0, 0.05) is 0 Å². The van der Waals surface area contributed by atoms with E-state index in [-0.39, 0.29) is 13.0 Å². The fourth-order valence-corrected chi connectivity index (χ4v) is 4.48. The Morgan fingerprint density at radius 3 is 1.55 bits per heavy atom. The molecule has 0 saturated heterocycles. The molecule has 0 spiro atoms. The topological polar surface area (TPSA) is 77.8 Å². The maximum Gasteiger partial charge on any atom is 0.362 e. The van der Waals surface area contributed by atoms with Gasteiger partial charge >= 0.3 is 7.60 Å². The van der Waals surface area contributed by atoms with Crippen molar-refractivity contribution in [1.29, 1.82) is 0 Å². The summed E-state index contributed by atoms with van der Waals surface area (Å²) in [6, 6.07) is 0. The summed E-state index contributed by atoms with van der Waals surface area (Å²) in [7, 11) is 0.925. The van der Waals surface area contributed by atoms with Gasteiger partial charge in [-0.05, 0) is 57.8 Å². The second-order valence-corrected chi connectivity index (χ2v) is 11.2. The predicted octanol–water partition coefficient (Wildman–Crippen LogP) is 5.76. The van der Waals surface area contributed by atoms with Gasteiger partial charge in [0.15, 0.2) is 0 Å². The number of aliphatic hydroxyl groups is 1. The maximum atomic E-state index is 11.7. The second kappa shape index (κ2) is 15.4. The Balaban J connectivity index is 3.80. The molecule has 0 rings (SSSR count). The van der Waals surface area contributed by atoms with E-state index in [1.54, 1.807) is 0 Å². The summed E-state index contributed by atoms with van der Waals surface area (Å²) in [6.45, 7) is 2.27. The SMILES string of the molecule is CCCC/C=C\CCCCCC/C=C\CCCCC(O)(C[N+](C)(C)C)P(=O)(O)O. The normalized spacial score (nSPS) is 15.4. The molecule has 0 fully saturated rings. The van der Waals surface area contributed by atoms with Gasteiger partial charge < -0.3 is 19.4 Å². The first-order valence-electron chi connectivity index (χ1n) is 11.4. The quantitative estimate of drug-likeness (QED) is 0.111. The standard InChI is InChI=1S/C23H46NO4P/c1-5-6-7-8-9-10-11-12-13-14-15-16-17-18-19-20-21-23(25,29(26,27)28)22-24(2,3)4/h8-9,16-17,25H,5-7,10-15,18-22H2,1-4H3,(H-,26,27,28)/p+1/b9-8-,17-16-. The van der Waals surface area contributed by atoms with Gasteiger partial charge in [-0.2, -0.15) is 0 Å². The van der Waals surface area contributed by atoms with E-state index in [1.807, 2.05) is 21.1 Å². The zero-order valence-corrected chi connectivity index (χ0v) is 20.2. The molecule has 0 radical (unpaired) electrons. The number of quaternary nitrogens is 1. The van der Waals surface area contributed by atoms with Crippen LogP contribution in [0.25, 0.3) is 0 Å². The Kier molecular flexibility index (Phi) is 15.1. The molecule has 5 nitrogen and oxygen atoms in total. The molecule has 0 bridgehead atoms. The summed E-state index contributed by atoms with van der Waals surface area (Å²) in [5.41, 5.74) is 0. The number of allylic oxidation sites excluding steroid dienone is 4. The van der Waals surface area contributed by atoms with Crippen LogP contribution in [0.15, 0.2) is 24.3 Å². The van der Waals surface area contributed by atoms with Gasteiger partial charge in [0.2, 0.25) is 5.34 Å². The van der Waals surface area contributed by atoms with Crippen molar-refractivity contribution < 1.29 is 23.9 Å². The molecule has 0 aliphatic rings. The van der Waals surface area contributed by atoms with E-state index >= 15 is 0 Å². The van der Waals surface area contributed by atoms with Crippen LogP contribution in [0.2, 0.25) is 0 Å². The second-order valence-electron chi connectivity index (χ2n) is 9.30. The van der Waals surface area contributed by atoms with Gasteiger partial charge in [-0.15, -0.1) is 0 Å². The van der Waals surface area contributed by atoms with Gasteiger partial charge in [0.05, 0.1) is 21.1 Å². The molecule has 3 N–H and O–H groups in total. The summed E-state index contributed by atoms with van der Waals surface area (Å²) < 4.78 is 12.1. The lowest BCUT2D eigenvalue weighted by Crippen LogP contribution is -2.49. The summed E-state index contributed by atoms with van der Waals surface area (Å²) in [4.78, 5) is 19.1. The highest BCUT2D eigenvalue weighted by Crippen LogP contribution is 2.52. The zero-order valence-electron chi connectivity index (χ0n) is 19.4. The van der Waals surface area contributed by atoms with Gasteiger partial charge in [0.1, 0.15) is 6.54 Å². The Labute approximate surface area is 179 Å². The van der Waals surface area contributed by atoms with E-state index in [9.17, 15) is 19.5 Å². The van der Waals surface area contributed by atoms with Gasteiger partial charge in [-0.3, -0.25) is 4.57 Å². The third-order valence-electron chi connectivity index (χ3n) is 5.02. The maximum absolute atomic E-state index is 11.7. The molecule has 0 aromatic carbocycles. The third kappa shape index (κ3) is 16.0.